The topological polar surface area (TPSA) is 48.9 Å². The molecule has 0 atom stereocenters. The van der Waals surface area contributed by atoms with E-state index < -0.39 is 0 Å². The molecule has 0 spiro atoms. The number of nitrogens with one attached hydrogen (secondary N) is 2. The summed E-state index contributed by atoms with van der Waals surface area (Å²) in [5.41, 5.74) is 2.69. The molecule has 1 fully saturated rings. The lowest BCUT2D eigenvalue weighted by atomic mass is 10.1. The first-order chi connectivity index (χ1) is 12.0. The average molecular weight is 492 g/mol. The van der Waals surface area contributed by atoms with Gasteiger partial charge in [0.25, 0.3) is 0 Å². The molecule has 1 aromatic rings. The Morgan fingerprint density at radius 1 is 1.19 bits per heavy atom. The molecule has 148 valence electrons. The summed E-state index contributed by atoms with van der Waals surface area (Å²) in [6, 6.07) is 8.64. The van der Waals surface area contributed by atoms with Crippen LogP contribution in [0.5, 0.6) is 0 Å². The van der Waals surface area contributed by atoms with E-state index in [9.17, 15) is 0 Å². The summed E-state index contributed by atoms with van der Waals surface area (Å²) in [4.78, 5) is 6.80. The third-order valence-electron chi connectivity index (χ3n) is 4.52. The highest BCUT2D eigenvalue weighted by Crippen LogP contribution is 2.19. The Kier molecular flexibility index (Phi) is 10.9. The molecule has 0 radical (unpaired) electrons. The van der Waals surface area contributed by atoms with Crippen LogP contribution in [-0.4, -0.2) is 61.8 Å². The predicted octanol–water partition coefficient (Wildman–Crippen LogP) is 2.94. The van der Waals surface area contributed by atoms with E-state index in [2.05, 4.69) is 64.9 Å². The summed E-state index contributed by atoms with van der Waals surface area (Å²) < 4.78 is 5.63. The summed E-state index contributed by atoms with van der Waals surface area (Å²) >= 11 is 1.85. The van der Waals surface area contributed by atoms with Crippen LogP contribution in [0.4, 0.5) is 0 Å². The zero-order valence-electron chi connectivity index (χ0n) is 16.4. The second-order valence-corrected chi connectivity index (χ2v) is 8.41. The molecule has 1 aromatic carbocycles. The molecule has 0 bridgehead atoms. The number of hydrogen-bond donors (Lipinski definition) is 2. The van der Waals surface area contributed by atoms with Crippen molar-refractivity contribution in [2.45, 2.75) is 31.7 Å². The number of aliphatic imine (C=N–C) groups is 1. The summed E-state index contributed by atoms with van der Waals surface area (Å²) in [6.07, 6.45) is 2.14. The van der Waals surface area contributed by atoms with Crippen LogP contribution in [0.25, 0.3) is 0 Å². The van der Waals surface area contributed by atoms with E-state index in [1.54, 1.807) is 0 Å². The van der Waals surface area contributed by atoms with Crippen LogP contribution in [-0.2, 0) is 17.8 Å². The van der Waals surface area contributed by atoms with Gasteiger partial charge in [-0.3, -0.25) is 9.89 Å². The van der Waals surface area contributed by atoms with E-state index in [0.717, 1.165) is 51.9 Å². The van der Waals surface area contributed by atoms with Gasteiger partial charge in [0.05, 0.1) is 13.2 Å². The maximum Gasteiger partial charge on any atom is 0.191 e. The number of ether oxygens (including phenoxy) is 1. The molecule has 1 aliphatic heterocycles. The van der Waals surface area contributed by atoms with E-state index in [-0.39, 0.29) is 28.7 Å². The zero-order valence-corrected chi connectivity index (χ0v) is 19.5. The van der Waals surface area contributed by atoms with Crippen molar-refractivity contribution in [3.8, 4) is 0 Å². The molecule has 1 aliphatic rings. The Bertz CT molecular complexity index is 562. The van der Waals surface area contributed by atoms with Gasteiger partial charge in [-0.1, -0.05) is 24.3 Å². The third-order valence-corrected chi connectivity index (χ3v) is 5.77. The van der Waals surface area contributed by atoms with Crippen molar-refractivity contribution in [2.24, 2.45) is 4.99 Å². The Labute approximate surface area is 179 Å². The van der Waals surface area contributed by atoms with Gasteiger partial charge >= 0.3 is 0 Å². The minimum Gasteiger partial charge on any atom is -0.379 e. The van der Waals surface area contributed by atoms with E-state index in [0.29, 0.717) is 0 Å². The average Bonchev–Trinajstić information content (AvgIpc) is 2.64. The van der Waals surface area contributed by atoms with Gasteiger partial charge in [0, 0.05) is 44.5 Å². The monoisotopic (exact) mass is 492 g/mol. The fraction of sp³-hybridized carbons (Fsp3) is 0.632. The Morgan fingerprint density at radius 3 is 2.46 bits per heavy atom. The number of hydrogen-bond acceptors (Lipinski definition) is 4. The molecular weight excluding hydrogens is 459 g/mol. The molecule has 2 N–H and O–H groups in total. The fourth-order valence-corrected chi connectivity index (χ4v) is 2.87. The molecule has 0 amide bonds. The van der Waals surface area contributed by atoms with Crippen molar-refractivity contribution in [2.75, 3.05) is 46.2 Å². The minimum atomic E-state index is 0. The van der Waals surface area contributed by atoms with Gasteiger partial charge in [-0.25, -0.2) is 0 Å². The highest BCUT2D eigenvalue weighted by atomic mass is 127. The molecule has 0 aliphatic carbocycles. The van der Waals surface area contributed by atoms with Crippen molar-refractivity contribution in [3.63, 3.8) is 0 Å². The van der Waals surface area contributed by atoms with Crippen molar-refractivity contribution >= 4 is 41.7 Å². The second kappa shape index (κ2) is 12.0. The highest BCUT2D eigenvalue weighted by molar-refractivity contribution is 14.0. The van der Waals surface area contributed by atoms with Crippen molar-refractivity contribution in [1.82, 2.24) is 15.5 Å². The van der Waals surface area contributed by atoms with Gasteiger partial charge in [-0.15, -0.1) is 24.0 Å². The lowest BCUT2D eigenvalue weighted by Crippen LogP contribution is -2.43. The number of morpholine rings is 1. The van der Waals surface area contributed by atoms with Crippen LogP contribution < -0.4 is 10.6 Å². The highest BCUT2D eigenvalue weighted by Gasteiger charge is 2.16. The molecule has 0 aromatic heterocycles. The van der Waals surface area contributed by atoms with Gasteiger partial charge < -0.3 is 15.4 Å². The van der Waals surface area contributed by atoms with Gasteiger partial charge in [0.15, 0.2) is 5.96 Å². The Balaban J connectivity index is 0.00000338. The van der Waals surface area contributed by atoms with E-state index in [1.165, 1.54) is 11.1 Å². The van der Waals surface area contributed by atoms with Crippen molar-refractivity contribution < 1.29 is 4.74 Å². The molecule has 26 heavy (non-hydrogen) atoms. The maximum atomic E-state index is 5.44. The van der Waals surface area contributed by atoms with Crippen LogP contribution >= 0.6 is 35.7 Å². The first-order valence-corrected chi connectivity index (χ1v) is 10.1. The number of rotatable bonds is 7. The third kappa shape index (κ3) is 8.02. The Morgan fingerprint density at radius 2 is 1.85 bits per heavy atom. The van der Waals surface area contributed by atoms with Crippen LogP contribution in [0.3, 0.4) is 0 Å². The second-order valence-electron chi connectivity index (χ2n) is 6.90. The molecule has 1 heterocycles. The van der Waals surface area contributed by atoms with Gasteiger partial charge in [0.1, 0.15) is 0 Å². The first kappa shape index (κ1) is 23.5. The number of benzene rings is 1. The number of guanidine groups is 1. The number of thioether (sulfide) groups is 1. The predicted molar refractivity (Wildman–Crippen MR) is 124 cm³/mol. The zero-order chi connectivity index (χ0) is 18.1. The van der Waals surface area contributed by atoms with E-state index in [4.69, 9.17) is 4.74 Å². The molecule has 2 rings (SSSR count). The smallest absolute Gasteiger partial charge is 0.191 e. The van der Waals surface area contributed by atoms with Crippen molar-refractivity contribution in [3.05, 3.63) is 35.4 Å². The normalized spacial score (nSPS) is 16.1. The van der Waals surface area contributed by atoms with Crippen LogP contribution in [0.15, 0.2) is 29.3 Å². The molecule has 1 saturated heterocycles. The molecule has 7 heteroatoms. The van der Waals surface area contributed by atoms with E-state index >= 15 is 0 Å². The molecular formula is C19H33IN4OS. The largest absolute Gasteiger partial charge is 0.379 e. The Hall–Kier alpha value is -0.510. The fourth-order valence-electron chi connectivity index (χ4n) is 2.65. The van der Waals surface area contributed by atoms with Gasteiger partial charge in [0.2, 0.25) is 0 Å². The van der Waals surface area contributed by atoms with Crippen LogP contribution in [0.2, 0.25) is 0 Å². The lowest BCUT2D eigenvalue weighted by molar-refractivity contribution is 0.0341. The molecule has 0 saturated carbocycles. The summed E-state index contributed by atoms with van der Waals surface area (Å²) in [5, 5.41) is 6.87. The quantitative estimate of drug-likeness (QED) is 0.348. The standard InChI is InChI=1S/C19H32N4OS.HI/c1-19(2,25-4)15-22-18(20-3)21-13-16-7-5-6-8-17(16)14-23-9-11-24-12-10-23;/h5-8H,9-15H2,1-4H3,(H2,20,21,22);1H. The summed E-state index contributed by atoms with van der Waals surface area (Å²) in [5.74, 6) is 0.850. The summed E-state index contributed by atoms with van der Waals surface area (Å²) in [7, 11) is 1.82. The molecule has 5 nitrogen and oxygen atoms in total. The SMILES string of the molecule is CN=C(NCc1ccccc1CN1CCOCC1)NCC(C)(C)SC.I. The van der Waals surface area contributed by atoms with Crippen LogP contribution in [0, 0.1) is 0 Å². The minimum absolute atomic E-state index is 0. The molecule has 0 unspecified atom stereocenters. The van der Waals surface area contributed by atoms with E-state index in [1.807, 2.05) is 18.8 Å². The van der Waals surface area contributed by atoms with Crippen molar-refractivity contribution in [1.29, 1.82) is 0 Å². The number of nitrogens with zero attached hydrogens (tertiary/aromatic N) is 2. The summed E-state index contributed by atoms with van der Waals surface area (Å²) in [6.45, 7) is 10.8. The van der Waals surface area contributed by atoms with Gasteiger partial charge in [-0.2, -0.15) is 11.8 Å². The maximum absolute atomic E-state index is 5.44. The van der Waals surface area contributed by atoms with Crippen LogP contribution in [0.1, 0.15) is 25.0 Å². The number of halogens is 1. The lowest BCUT2D eigenvalue weighted by Gasteiger charge is -2.27. The van der Waals surface area contributed by atoms with Gasteiger partial charge in [-0.05, 0) is 31.2 Å². The first-order valence-electron chi connectivity index (χ1n) is 8.90.